The van der Waals surface area contributed by atoms with Crippen LogP contribution in [0.5, 0.6) is 0 Å². The van der Waals surface area contributed by atoms with Gasteiger partial charge in [-0.15, -0.1) is 0 Å². The number of hydrogen-bond donors (Lipinski definition) is 3. The maximum atomic E-state index is 5.80. The van der Waals surface area contributed by atoms with Crippen LogP contribution in [0, 0.1) is 12.8 Å². The summed E-state index contributed by atoms with van der Waals surface area (Å²) < 4.78 is 11.2. The Morgan fingerprint density at radius 2 is 1.85 bits per heavy atom. The zero-order chi connectivity index (χ0) is 18.5. The number of ether oxygens (including phenoxy) is 1. The Balaban J connectivity index is 1.24. The Bertz CT molecular complexity index is 709. The third-order valence-electron chi connectivity index (χ3n) is 5.43. The van der Waals surface area contributed by atoms with Gasteiger partial charge in [-0.1, -0.05) is 24.3 Å². The normalized spacial score (nSPS) is 23.7. The first kappa shape index (κ1) is 18.7. The molecule has 146 valence electrons. The van der Waals surface area contributed by atoms with Crippen LogP contribution in [-0.2, 0) is 17.8 Å². The van der Waals surface area contributed by atoms with Gasteiger partial charge < -0.3 is 14.5 Å². The van der Waals surface area contributed by atoms with Crippen LogP contribution in [0.4, 0.5) is 0 Å². The molecule has 0 spiro atoms. The lowest BCUT2D eigenvalue weighted by Crippen LogP contribution is -2.35. The van der Waals surface area contributed by atoms with Crippen molar-refractivity contribution in [3.05, 3.63) is 59.0 Å². The van der Waals surface area contributed by atoms with Crippen molar-refractivity contribution in [1.82, 2.24) is 21.1 Å². The van der Waals surface area contributed by atoms with E-state index in [0.29, 0.717) is 5.92 Å². The molecule has 0 saturated carbocycles. The van der Waals surface area contributed by atoms with Gasteiger partial charge in [-0.25, -0.2) is 5.43 Å². The molecular weight excluding hydrogens is 340 g/mol. The zero-order valence-electron chi connectivity index (χ0n) is 16.0. The van der Waals surface area contributed by atoms with E-state index in [1.54, 1.807) is 0 Å². The first-order valence-corrected chi connectivity index (χ1v) is 9.91. The smallest absolute Gasteiger partial charge is 0.122 e. The van der Waals surface area contributed by atoms with Gasteiger partial charge in [0.25, 0.3) is 0 Å². The number of rotatable bonds is 7. The molecule has 6 heteroatoms. The van der Waals surface area contributed by atoms with Crippen LogP contribution in [0.2, 0.25) is 0 Å². The monoisotopic (exact) mass is 370 g/mol. The molecule has 2 aromatic rings. The Labute approximate surface area is 161 Å². The zero-order valence-corrected chi connectivity index (χ0v) is 16.0. The molecule has 27 heavy (non-hydrogen) atoms. The SMILES string of the molecule is Cc1ccc(C2NNCC2CNCc2ccc(CN3CCOCC3)cc2)o1. The second-order valence-electron chi connectivity index (χ2n) is 7.55. The average molecular weight is 370 g/mol. The third-order valence-corrected chi connectivity index (χ3v) is 5.43. The summed E-state index contributed by atoms with van der Waals surface area (Å²) in [5.74, 6) is 2.44. The van der Waals surface area contributed by atoms with Crippen molar-refractivity contribution in [2.45, 2.75) is 26.1 Å². The van der Waals surface area contributed by atoms with Crippen LogP contribution in [0.15, 0.2) is 40.8 Å². The lowest BCUT2D eigenvalue weighted by atomic mass is 10.00. The minimum absolute atomic E-state index is 0.224. The highest BCUT2D eigenvalue weighted by Crippen LogP contribution is 2.26. The van der Waals surface area contributed by atoms with Gasteiger partial charge >= 0.3 is 0 Å². The Hall–Kier alpha value is -1.70. The van der Waals surface area contributed by atoms with E-state index in [9.17, 15) is 0 Å². The molecule has 0 bridgehead atoms. The van der Waals surface area contributed by atoms with Crippen molar-refractivity contribution >= 4 is 0 Å². The Morgan fingerprint density at radius 3 is 2.59 bits per heavy atom. The summed E-state index contributed by atoms with van der Waals surface area (Å²) in [5.41, 5.74) is 9.29. The third kappa shape index (κ3) is 4.97. The number of nitrogens with one attached hydrogen (secondary N) is 3. The molecule has 4 rings (SSSR count). The maximum absolute atomic E-state index is 5.80. The predicted molar refractivity (Wildman–Crippen MR) is 105 cm³/mol. The largest absolute Gasteiger partial charge is 0.465 e. The molecule has 2 aliphatic rings. The quantitative estimate of drug-likeness (QED) is 0.693. The fourth-order valence-corrected chi connectivity index (χ4v) is 3.83. The minimum Gasteiger partial charge on any atom is -0.465 e. The van der Waals surface area contributed by atoms with Crippen LogP contribution in [0.25, 0.3) is 0 Å². The van der Waals surface area contributed by atoms with E-state index in [4.69, 9.17) is 9.15 Å². The van der Waals surface area contributed by atoms with Crippen molar-refractivity contribution in [2.75, 3.05) is 39.4 Å². The number of hydrogen-bond acceptors (Lipinski definition) is 6. The van der Waals surface area contributed by atoms with E-state index >= 15 is 0 Å². The first-order valence-electron chi connectivity index (χ1n) is 9.91. The highest BCUT2D eigenvalue weighted by atomic mass is 16.5. The van der Waals surface area contributed by atoms with Gasteiger partial charge in [0.15, 0.2) is 0 Å². The summed E-state index contributed by atoms with van der Waals surface area (Å²) in [7, 11) is 0. The van der Waals surface area contributed by atoms with Gasteiger partial charge in [0.05, 0.1) is 19.3 Å². The number of aryl methyl sites for hydroxylation is 1. The molecule has 2 fully saturated rings. The van der Waals surface area contributed by atoms with E-state index in [0.717, 1.165) is 64.0 Å². The minimum atomic E-state index is 0.224. The Kier molecular flexibility index (Phi) is 6.21. The van der Waals surface area contributed by atoms with Crippen LogP contribution in [-0.4, -0.2) is 44.3 Å². The number of furan rings is 1. The summed E-state index contributed by atoms with van der Waals surface area (Å²) in [4.78, 5) is 2.45. The molecular formula is C21H30N4O2. The molecule has 0 radical (unpaired) electrons. The van der Waals surface area contributed by atoms with E-state index in [-0.39, 0.29) is 6.04 Å². The van der Waals surface area contributed by atoms with Crippen molar-refractivity contribution in [3.63, 3.8) is 0 Å². The predicted octanol–water partition coefficient (Wildman–Crippen LogP) is 1.98. The Morgan fingerprint density at radius 1 is 1.07 bits per heavy atom. The molecule has 3 heterocycles. The first-order chi connectivity index (χ1) is 13.3. The van der Waals surface area contributed by atoms with Gasteiger partial charge in [0.1, 0.15) is 11.5 Å². The number of benzene rings is 1. The average Bonchev–Trinajstić information content (AvgIpc) is 3.33. The highest BCUT2D eigenvalue weighted by Gasteiger charge is 2.30. The van der Waals surface area contributed by atoms with E-state index < -0.39 is 0 Å². The second-order valence-corrected chi connectivity index (χ2v) is 7.55. The van der Waals surface area contributed by atoms with E-state index in [1.807, 2.05) is 13.0 Å². The standard InChI is InChI=1S/C21H30N4O2/c1-16-2-7-20(27-16)21-19(14-23-24-21)13-22-12-17-3-5-18(6-4-17)15-25-8-10-26-11-9-25/h2-7,19,21-24H,8-15H2,1H3. The highest BCUT2D eigenvalue weighted by molar-refractivity contribution is 5.22. The van der Waals surface area contributed by atoms with E-state index in [1.165, 1.54) is 11.1 Å². The molecule has 0 aliphatic carbocycles. The molecule has 3 N–H and O–H groups in total. The van der Waals surface area contributed by atoms with Crippen LogP contribution in [0.3, 0.4) is 0 Å². The molecule has 2 atom stereocenters. The fourth-order valence-electron chi connectivity index (χ4n) is 3.83. The van der Waals surface area contributed by atoms with Crippen molar-refractivity contribution in [3.8, 4) is 0 Å². The van der Waals surface area contributed by atoms with Crippen molar-refractivity contribution in [1.29, 1.82) is 0 Å². The van der Waals surface area contributed by atoms with Gasteiger partial charge in [-0.3, -0.25) is 10.3 Å². The van der Waals surface area contributed by atoms with Crippen molar-refractivity contribution < 1.29 is 9.15 Å². The summed E-state index contributed by atoms with van der Waals surface area (Å²) in [6.07, 6.45) is 0. The lowest BCUT2D eigenvalue weighted by molar-refractivity contribution is 0.0342. The fraction of sp³-hybridized carbons (Fsp3) is 0.524. The summed E-state index contributed by atoms with van der Waals surface area (Å²) in [5, 5.41) is 3.60. The van der Waals surface area contributed by atoms with Gasteiger partial charge in [-0.2, -0.15) is 0 Å². The molecule has 2 aliphatic heterocycles. The molecule has 1 aromatic carbocycles. The van der Waals surface area contributed by atoms with Crippen LogP contribution >= 0.6 is 0 Å². The summed E-state index contributed by atoms with van der Waals surface area (Å²) >= 11 is 0. The topological polar surface area (TPSA) is 61.7 Å². The van der Waals surface area contributed by atoms with Crippen LogP contribution < -0.4 is 16.2 Å². The molecule has 2 saturated heterocycles. The molecule has 6 nitrogen and oxygen atoms in total. The van der Waals surface area contributed by atoms with E-state index in [2.05, 4.69) is 51.4 Å². The molecule has 1 aromatic heterocycles. The summed E-state index contributed by atoms with van der Waals surface area (Å²) in [6.45, 7) is 9.54. The van der Waals surface area contributed by atoms with Crippen molar-refractivity contribution in [2.24, 2.45) is 5.92 Å². The molecule has 2 unspecified atom stereocenters. The van der Waals surface area contributed by atoms with Gasteiger partial charge in [0.2, 0.25) is 0 Å². The number of nitrogens with zero attached hydrogens (tertiary/aromatic N) is 1. The molecule has 0 amide bonds. The van der Waals surface area contributed by atoms with Gasteiger partial charge in [-0.05, 0) is 30.2 Å². The number of morpholine rings is 1. The maximum Gasteiger partial charge on any atom is 0.122 e. The summed E-state index contributed by atoms with van der Waals surface area (Å²) in [6, 6.07) is 13.3. The number of hydrazine groups is 1. The second kappa shape index (κ2) is 8.99. The lowest BCUT2D eigenvalue weighted by Gasteiger charge is -2.26. The van der Waals surface area contributed by atoms with Crippen LogP contribution in [0.1, 0.15) is 28.7 Å². The van der Waals surface area contributed by atoms with Gasteiger partial charge in [0, 0.05) is 45.2 Å².